The molecular formula is C13H15NO4. The molecule has 1 aromatic rings. The smallest absolute Gasteiger partial charge is 0.326 e. The number of carbonyl (C=O) groups is 3. The highest BCUT2D eigenvalue weighted by Gasteiger charge is 2.22. The van der Waals surface area contributed by atoms with Crippen LogP contribution in [0.1, 0.15) is 29.3 Å². The SMILES string of the molecule is CC(=O)NC(CC(=O)c1cccc(C)c1)C(=O)O. The summed E-state index contributed by atoms with van der Waals surface area (Å²) < 4.78 is 0. The third-order valence-electron chi connectivity index (χ3n) is 2.41. The van der Waals surface area contributed by atoms with Gasteiger partial charge in [0.1, 0.15) is 6.04 Å². The van der Waals surface area contributed by atoms with Gasteiger partial charge in [-0.05, 0) is 13.0 Å². The summed E-state index contributed by atoms with van der Waals surface area (Å²) in [6, 6.07) is 5.71. The van der Waals surface area contributed by atoms with E-state index >= 15 is 0 Å². The van der Waals surface area contributed by atoms with Crippen molar-refractivity contribution in [3.8, 4) is 0 Å². The lowest BCUT2D eigenvalue weighted by molar-refractivity contribution is -0.141. The van der Waals surface area contributed by atoms with Crippen molar-refractivity contribution in [1.29, 1.82) is 0 Å². The Morgan fingerprint density at radius 3 is 2.50 bits per heavy atom. The van der Waals surface area contributed by atoms with Crippen molar-refractivity contribution in [2.75, 3.05) is 0 Å². The average molecular weight is 249 g/mol. The van der Waals surface area contributed by atoms with Crippen LogP contribution >= 0.6 is 0 Å². The van der Waals surface area contributed by atoms with Gasteiger partial charge in [0.25, 0.3) is 0 Å². The number of nitrogens with one attached hydrogen (secondary N) is 1. The van der Waals surface area contributed by atoms with E-state index in [1.54, 1.807) is 18.2 Å². The summed E-state index contributed by atoms with van der Waals surface area (Å²) in [5.74, 6) is -1.99. The Morgan fingerprint density at radius 2 is 2.00 bits per heavy atom. The Bertz CT molecular complexity index is 482. The van der Waals surface area contributed by atoms with Gasteiger partial charge in [-0.2, -0.15) is 0 Å². The zero-order chi connectivity index (χ0) is 13.7. The van der Waals surface area contributed by atoms with E-state index in [9.17, 15) is 14.4 Å². The molecule has 1 aromatic carbocycles. The Morgan fingerprint density at radius 1 is 1.33 bits per heavy atom. The molecule has 96 valence electrons. The molecule has 0 aliphatic carbocycles. The second kappa shape index (κ2) is 5.95. The number of carbonyl (C=O) groups excluding carboxylic acids is 2. The van der Waals surface area contributed by atoms with E-state index in [4.69, 9.17) is 5.11 Å². The third kappa shape index (κ3) is 4.01. The molecule has 1 unspecified atom stereocenters. The molecule has 0 heterocycles. The predicted molar refractivity (Wildman–Crippen MR) is 65.4 cm³/mol. The number of rotatable bonds is 5. The molecule has 0 saturated heterocycles. The number of benzene rings is 1. The van der Waals surface area contributed by atoms with Crippen LogP contribution in [0.25, 0.3) is 0 Å². The Balaban J connectivity index is 2.78. The molecule has 0 spiro atoms. The van der Waals surface area contributed by atoms with Crippen LogP contribution in [0.3, 0.4) is 0 Å². The molecule has 5 heteroatoms. The van der Waals surface area contributed by atoms with Crippen molar-refractivity contribution in [2.45, 2.75) is 26.3 Å². The van der Waals surface area contributed by atoms with Crippen LogP contribution in [0.4, 0.5) is 0 Å². The molecule has 0 aromatic heterocycles. The first-order valence-electron chi connectivity index (χ1n) is 5.50. The highest BCUT2D eigenvalue weighted by molar-refractivity contribution is 5.99. The van der Waals surface area contributed by atoms with Crippen molar-refractivity contribution in [2.24, 2.45) is 0 Å². The number of aryl methyl sites for hydroxylation is 1. The normalized spacial score (nSPS) is 11.7. The van der Waals surface area contributed by atoms with Crippen molar-refractivity contribution in [3.05, 3.63) is 35.4 Å². The van der Waals surface area contributed by atoms with Gasteiger partial charge in [0, 0.05) is 18.9 Å². The number of hydrogen-bond acceptors (Lipinski definition) is 3. The largest absolute Gasteiger partial charge is 0.480 e. The van der Waals surface area contributed by atoms with Crippen molar-refractivity contribution < 1.29 is 19.5 Å². The number of aliphatic carboxylic acids is 1. The van der Waals surface area contributed by atoms with Gasteiger partial charge in [0.2, 0.25) is 5.91 Å². The summed E-state index contributed by atoms with van der Waals surface area (Å²) in [6.45, 7) is 3.06. The van der Waals surface area contributed by atoms with Gasteiger partial charge < -0.3 is 10.4 Å². The van der Waals surface area contributed by atoms with E-state index in [-0.39, 0.29) is 12.2 Å². The average Bonchev–Trinajstić information content (AvgIpc) is 2.27. The van der Waals surface area contributed by atoms with Crippen molar-refractivity contribution >= 4 is 17.7 Å². The van der Waals surface area contributed by atoms with Crippen LogP contribution in [0.5, 0.6) is 0 Å². The standard InChI is InChI=1S/C13H15NO4/c1-8-4-3-5-10(6-8)12(16)7-11(13(17)18)14-9(2)15/h3-6,11H,7H2,1-2H3,(H,14,15)(H,17,18). The molecule has 1 amide bonds. The summed E-state index contributed by atoms with van der Waals surface area (Å²) in [4.78, 5) is 33.6. The summed E-state index contributed by atoms with van der Waals surface area (Å²) in [5, 5.41) is 11.1. The molecule has 18 heavy (non-hydrogen) atoms. The second-order valence-electron chi connectivity index (χ2n) is 4.09. The van der Waals surface area contributed by atoms with Crippen LogP contribution < -0.4 is 5.32 Å². The first-order valence-corrected chi connectivity index (χ1v) is 5.50. The lowest BCUT2D eigenvalue weighted by Gasteiger charge is -2.12. The number of Topliss-reactive ketones (excluding diaryl/α,β-unsaturated/α-hetero) is 1. The molecule has 0 radical (unpaired) electrons. The van der Waals surface area contributed by atoms with Gasteiger partial charge >= 0.3 is 5.97 Å². The molecule has 0 bridgehead atoms. The minimum absolute atomic E-state index is 0.252. The molecule has 0 aliphatic heterocycles. The van der Waals surface area contributed by atoms with E-state index in [1.165, 1.54) is 6.92 Å². The number of carboxylic acid groups (broad SMARTS) is 1. The minimum Gasteiger partial charge on any atom is -0.480 e. The second-order valence-corrected chi connectivity index (χ2v) is 4.09. The van der Waals surface area contributed by atoms with Gasteiger partial charge in [-0.1, -0.05) is 23.8 Å². The predicted octanol–water partition coefficient (Wildman–Crippen LogP) is 1.16. The molecule has 0 saturated carbocycles. The van der Waals surface area contributed by atoms with E-state index in [0.717, 1.165) is 5.56 Å². The van der Waals surface area contributed by atoms with Gasteiger partial charge in [0.15, 0.2) is 5.78 Å². The monoisotopic (exact) mass is 249 g/mol. The van der Waals surface area contributed by atoms with E-state index in [2.05, 4.69) is 5.32 Å². The zero-order valence-corrected chi connectivity index (χ0v) is 10.3. The lowest BCUT2D eigenvalue weighted by atomic mass is 10.0. The molecule has 2 N–H and O–H groups in total. The van der Waals surface area contributed by atoms with Crippen LogP contribution in [-0.2, 0) is 9.59 Å². The van der Waals surface area contributed by atoms with Crippen LogP contribution in [0.2, 0.25) is 0 Å². The fraction of sp³-hybridized carbons (Fsp3) is 0.308. The number of ketones is 1. The highest BCUT2D eigenvalue weighted by Crippen LogP contribution is 2.08. The quantitative estimate of drug-likeness (QED) is 0.767. The molecule has 0 fully saturated rings. The highest BCUT2D eigenvalue weighted by atomic mass is 16.4. The van der Waals surface area contributed by atoms with Gasteiger partial charge in [-0.3, -0.25) is 9.59 Å². The van der Waals surface area contributed by atoms with E-state index < -0.39 is 17.9 Å². The van der Waals surface area contributed by atoms with Gasteiger partial charge in [0.05, 0.1) is 0 Å². The van der Waals surface area contributed by atoms with Crippen molar-refractivity contribution in [3.63, 3.8) is 0 Å². The number of carboxylic acids is 1. The maximum absolute atomic E-state index is 11.9. The van der Waals surface area contributed by atoms with Gasteiger partial charge in [-0.15, -0.1) is 0 Å². The van der Waals surface area contributed by atoms with Crippen molar-refractivity contribution in [1.82, 2.24) is 5.32 Å². The molecule has 1 rings (SSSR count). The summed E-state index contributed by atoms with van der Waals surface area (Å²) >= 11 is 0. The van der Waals surface area contributed by atoms with Crippen LogP contribution in [0, 0.1) is 6.92 Å². The summed E-state index contributed by atoms with van der Waals surface area (Å²) in [7, 11) is 0. The molecule has 1 atom stereocenters. The van der Waals surface area contributed by atoms with Crippen LogP contribution in [-0.4, -0.2) is 28.8 Å². The van der Waals surface area contributed by atoms with E-state index in [0.29, 0.717) is 5.56 Å². The summed E-state index contributed by atoms with van der Waals surface area (Å²) in [5.41, 5.74) is 1.37. The number of hydrogen-bond donors (Lipinski definition) is 2. The first-order chi connectivity index (χ1) is 8.40. The van der Waals surface area contributed by atoms with Crippen LogP contribution in [0.15, 0.2) is 24.3 Å². The van der Waals surface area contributed by atoms with Gasteiger partial charge in [-0.25, -0.2) is 4.79 Å². The minimum atomic E-state index is -1.22. The Hall–Kier alpha value is -2.17. The topological polar surface area (TPSA) is 83.5 Å². The zero-order valence-electron chi connectivity index (χ0n) is 10.3. The fourth-order valence-electron chi connectivity index (χ4n) is 1.57. The molecular weight excluding hydrogens is 234 g/mol. The fourth-order valence-corrected chi connectivity index (χ4v) is 1.57. The molecule has 5 nitrogen and oxygen atoms in total. The maximum atomic E-state index is 11.9. The maximum Gasteiger partial charge on any atom is 0.326 e. The Kier molecular flexibility index (Phi) is 4.59. The third-order valence-corrected chi connectivity index (χ3v) is 2.41. The molecule has 0 aliphatic rings. The first kappa shape index (κ1) is 13.9. The van der Waals surface area contributed by atoms with E-state index in [1.807, 2.05) is 13.0 Å². The lowest BCUT2D eigenvalue weighted by Crippen LogP contribution is -2.41. The summed E-state index contributed by atoms with van der Waals surface area (Å²) in [6.07, 6.45) is -0.252. The number of amides is 1. The Labute approximate surface area is 105 Å².